The predicted octanol–water partition coefficient (Wildman–Crippen LogP) is 5.77. The Morgan fingerprint density at radius 3 is 2.55 bits per heavy atom. The fourth-order valence-electron chi connectivity index (χ4n) is 3.65. The van der Waals surface area contributed by atoms with E-state index in [2.05, 4.69) is 13.8 Å². The standard InChI is InChI=1S/C25H25FNO5P/c1-16(2)24-20-6-3-4-8-22(20)27-25(17-9-11-18(26)12-10-17)21(24)7-5-13-32-33(31)15-19(28)14-23(29)30/h3-12,16,19,28H,13-15H2,1-2H3/p+1. The Morgan fingerprint density at radius 2 is 1.88 bits per heavy atom. The van der Waals surface area contributed by atoms with E-state index in [4.69, 9.17) is 14.6 Å². The summed E-state index contributed by atoms with van der Waals surface area (Å²) in [5.41, 5.74) is 4.25. The molecule has 0 radical (unpaired) electrons. The van der Waals surface area contributed by atoms with Crippen molar-refractivity contribution < 1.29 is 28.5 Å². The summed E-state index contributed by atoms with van der Waals surface area (Å²) in [5, 5.41) is 19.3. The number of halogens is 1. The number of aliphatic hydroxyl groups is 1. The molecule has 2 aromatic carbocycles. The summed E-state index contributed by atoms with van der Waals surface area (Å²) in [6, 6.07) is 14.0. The van der Waals surface area contributed by atoms with Gasteiger partial charge < -0.3 is 10.2 Å². The number of hydrogen-bond acceptors (Lipinski definition) is 5. The predicted molar refractivity (Wildman–Crippen MR) is 127 cm³/mol. The van der Waals surface area contributed by atoms with Crippen LogP contribution in [0.3, 0.4) is 0 Å². The first-order chi connectivity index (χ1) is 15.8. The number of aromatic nitrogens is 1. The maximum Gasteiger partial charge on any atom is 0.511 e. The van der Waals surface area contributed by atoms with E-state index in [1.54, 1.807) is 18.2 Å². The molecule has 0 aliphatic rings. The molecule has 3 aromatic rings. The van der Waals surface area contributed by atoms with Crippen LogP contribution in [0.25, 0.3) is 28.2 Å². The van der Waals surface area contributed by atoms with E-state index in [1.165, 1.54) is 12.1 Å². The van der Waals surface area contributed by atoms with Gasteiger partial charge in [-0.25, -0.2) is 9.37 Å². The molecule has 2 atom stereocenters. The zero-order valence-corrected chi connectivity index (χ0v) is 19.3. The zero-order chi connectivity index (χ0) is 24.0. The van der Waals surface area contributed by atoms with E-state index >= 15 is 0 Å². The van der Waals surface area contributed by atoms with Crippen LogP contribution >= 0.6 is 8.03 Å². The Morgan fingerprint density at radius 1 is 1.18 bits per heavy atom. The molecule has 8 heteroatoms. The van der Waals surface area contributed by atoms with Crippen molar-refractivity contribution in [2.24, 2.45) is 0 Å². The lowest BCUT2D eigenvalue weighted by Crippen LogP contribution is -2.15. The lowest BCUT2D eigenvalue weighted by molar-refractivity contribution is -0.138. The molecule has 2 N–H and O–H groups in total. The quantitative estimate of drug-likeness (QED) is 0.365. The Bertz CT molecular complexity index is 1180. The number of carbonyl (C=O) groups is 1. The first kappa shape index (κ1) is 24.6. The normalized spacial score (nSPS) is 13.1. The number of benzene rings is 2. The highest BCUT2D eigenvalue weighted by atomic mass is 31.1. The molecule has 1 heterocycles. The van der Waals surface area contributed by atoms with Gasteiger partial charge in [-0.2, -0.15) is 0 Å². The van der Waals surface area contributed by atoms with Crippen molar-refractivity contribution in [3.05, 3.63) is 71.6 Å². The first-order valence-corrected chi connectivity index (χ1v) is 11.9. The average molecular weight is 470 g/mol. The third kappa shape index (κ3) is 6.51. The summed E-state index contributed by atoms with van der Waals surface area (Å²) in [6.07, 6.45) is 1.61. The molecule has 33 heavy (non-hydrogen) atoms. The van der Waals surface area contributed by atoms with Crippen molar-refractivity contribution in [3.8, 4) is 11.3 Å². The molecule has 0 bridgehead atoms. The minimum atomic E-state index is -2.21. The molecule has 1 aromatic heterocycles. The third-order valence-corrected chi connectivity index (χ3v) is 6.19. The number of aliphatic carboxylic acids is 1. The SMILES string of the molecule is CC(C)c1c(C=CCO[P+](=O)CC(O)CC(=O)O)c(-c2ccc(F)cc2)nc2ccccc12. The number of aliphatic hydroxyl groups excluding tert-OH is 1. The van der Waals surface area contributed by atoms with Gasteiger partial charge in [0.2, 0.25) is 6.16 Å². The molecule has 0 saturated heterocycles. The maximum absolute atomic E-state index is 13.5. The average Bonchev–Trinajstić information content (AvgIpc) is 2.75. The summed E-state index contributed by atoms with van der Waals surface area (Å²) >= 11 is 0. The maximum atomic E-state index is 13.5. The van der Waals surface area contributed by atoms with Crippen LogP contribution in [-0.4, -0.2) is 40.0 Å². The lowest BCUT2D eigenvalue weighted by atomic mass is 9.90. The van der Waals surface area contributed by atoms with E-state index in [0.717, 1.165) is 27.6 Å². The number of carboxylic acids is 1. The summed E-state index contributed by atoms with van der Waals surface area (Å²) in [7, 11) is -2.21. The number of fused-ring (bicyclic) bond motifs is 1. The van der Waals surface area contributed by atoms with Crippen LogP contribution in [0.4, 0.5) is 4.39 Å². The molecule has 6 nitrogen and oxygen atoms in total. The number of pyridine rings is 1. The Balaban J connectivity index is 1.92. The second-order valence-corrected chi connectivity index (χ2v) is 9.22. The summed E-state index contributed by atoms with van der Waals surface area (Å²) in [4.78, 5) is 15.5. The number of hydrogen-bond donors (Lipinski definition) is 2. The van der Waals surface area contributed by atoms with E-state index < -0.39 is 26.5 Å². The molecule has 3 rings (SSSR count). The molecule has 0 aliphatic heterocycles. The fraction of sp³-hybridized carbons (Fsp3) is 0.280. The van der Waals surface area contributed by atoms with Gasteiger partial charge in [0, 0.05) is 16.5 Å². The first-order valence-electron chi connectivity index (χ1n) is 10.6. The van der Waals surface area contributed by atoms with Crippen LogP contribution in [0.5, 0.6) is 0 Å². The Hall–Kier alpha value is -2.99. The van der Waals surface area contributed by atoms with Crippen LogP contribution in [-0.2, 0) is 13.9 Å². The molecule has 2 unspecified atom stereocenters. The van der Waals surface area contributed by atoms with Gasteiger partial charge in [0.15, 0.2) is 0 Å². The highest BCUT2D eigenvalue weighted by molar-refractivity contribution is 7.39. The van der Waals surface area contributed by atoms with Gasteiger partial charge in [-0.3, -0.25) is 4.79 Å². The lowest BCUT2D eigenvalue weighted by Gasteiger charge is -2.18. The van der Waals surface area contributed by atoms with Crippen LogP contribution in [0.2, 0.25) is 0 Å². The molecule has 172 valence electrons. The van der Waals surface area contributed by atoms with Gasteiger partial charge in [0.25, 0.3) is 0 Å². The van der Waals surface area contributed by atoms with E-state index in [0.29, 0.717) is 5.69 Å². The van der Waals surface area contributed by atoms with Crippen LogP contribution in [0, 0.1) is 5.82 Å². The van der Waals surface area contributed by atoms with Gasteiger partial charge in [0.05, 0.1) is 17.6 Å². The highest BCUT2D eigenvalue weighted by Gasteiger charge is 2.25. The van der Waals surface area contributed by atoms with E-state index in [-0.39, 0.29) is 24.5 Å². The van der Waals surface area contributed by atoms with Crippen molar-refractivity contribution >= 4 is 31.0 Å². The molecule has 0 spiro atoms. The monoisotopic (exact) mass is 470 g/mol. The van der Waals surface area contributed by atoms with Gasteiger partial charge in [-0.05, 0) is 46.4 Å². The highest BCUT2D eigenvalue weighted by Crippen LogP contribution is 2.35. The van der Waals surface area contributed by atoms with Crippen molar-refractivity contribution in [1.82, 2.24) is 4.98 Å². The number of carboxylic acid groups (broad SMARTS) is 1. The van der Waals surface area contributed by atoms with Gasteiger partial charge in [-0.1, -0.05) is 44.2 Å². The number of rotatable bonds is 10. The van der Waals surface area contributed by atoms with Crippen LogP contribution < -0.4 is 0 Å². The smallest absolute Gasteiger partial charge is 0.481 e. The Labute approximate surface area is 192 Å². The summed E-state index contributed by atoms with van der Waals surface area (Å²) in [6.45, 7) is 4.19. The van der Waals surface area contributed by atoms with Crippen molar-refractivity contribution in [1.29, 1.82) is 0 Å². The number of nitrogens with zero attached hydrogens (tertiary/aromatic N) is 1. The van der Waals surface area contributed by atoms with Gasteiger partial charge in [-0.15, -0.1) is 4.52 Å². The number of para-hydroxylation sites is 1. The molecule has 0 saturated carbocycles. The van der Waals surface area contributed by atoms with E-state index in [1.807, 2.05) is 30.3 Å². The largest absolute Gasteiger partial charge is 0.511 e. The van der Waals surface area contributed by atoms with Crippen molar-refractivity contribution in [2.45, 2.75) is 32.3 Å². The minimum absolute atomic E-state index is 0.0161. The topological polar surface area (TPSA) is 96.7 Å². The molecular weight excluding hydrogens is 444 g/mol. The van der Waals surface area contributed by atoms with Crippen molar-refractivity contribution in [3.63, 3.8) is 0 Å². The zero-order valence-electron chi connectivity index (χ0n) is 18.4. The van der Waals surface area contributed by atoms with Gasteiger partial charge >= 0.3 is 14.0 Å². The van der Waals surface area contributed by atoms with Crippen LogP contribution in [0.1, 0.15) is 37.3 Å². The Kier molecular flexibility index (Phi) is 8.39. The minimum Gasteiger partial charge on any atom is -0.481 e. The molecular formula is C25H26FNO5P+. The molecule has 0 amide bonds. The fourth-order valence-corrected chi connectivity index (χ4v) is 4.48. The van der Waals surface area contributed by atoms with Crippen molar-refractivity contribution in [2.75, 3.05) is 12.8 Å². The molecule has 0 aliphatic carbocycles. The second kappa shape index (κ2) is 11.2. The van der Waals surface area contributed by atoms with Gasteiger partial charge in [0.1, 0.15) is 18.5 Å². The second-order valence-electron chi connectivity index (χ2n) is 7.93. The third-order valence-electron chi connectivity index (χ3n) is 5.04. The summed E-state index contributed by atoms with van der Waals surface area (Å²) < 4.78 is 30.8. The van der Waals surface area contributed by atoms with E-state index in [9.17, 15) is 18.9 Å². The molecule has 0 fully saturated rings. The van der Waals surface area contributed by atoms with Crippen LogP contribution in [0.15, 0.2) is 54.6 Å². The summed E-state index contributed by atoms with van der Waals surface area (Å²) in [5.74, 6) is -1.33.